The van der Waals surface area contributed by atoms with Gasteiger partial charge in [-0.25, -0.2) is 5.53 Å². The highest BCUT2D eigenvalue weighted by Gasteiger charge is 2.05. The van der Waals surface area contributed by atoms with Gasteiger partial charge in [-0.3, -0.25) is 4.99 Å². The van der Waals surface area contributed by atoms with Gasteiger partial charge in [-0.05, 0) is 12.8 Å². The molecule has 0 bridgehead atoms. The van der Waals surface area contributed by atoms with E-state index in [0.717, 1.165) is 6.42 Å². The lowest BCUT2D eigenvalue weighted by atomic mass is 10.1. The molecule has 0 aliphatic heterocycles. The zero-order chi connectivity index (χ0) is 8.85. The predicted octanol–water partition coefficient (Wildman–Crippen LogP) is 2.87. The van der Waals surface area contributed by atoms with Crippen LogP contribution in [0.3, 0.4) is 0 Å². The number of nitrogens with zero attached hydrogens (tertiary/aromatic N) is 2. The Hall–Kier alpha value is -0.730. The first-order chi connectivity index (χ1) is 5.11. The molecule has 3 heteroatoms. The fourth-order valence-electron chi connectivity index (χ4n) is 0.583. The second-order valence-electron chi connectivity index (χ2n) is 3.00. The Kier molecular flexibility index (Phi) is 4.66. The van der Waals surface area contributed by atoms with E-state index in [0.29, 0.717) is 11.8 Å². The second kappa shape index (κ2) is 4.99. The van der Waals surface area contributed by atoms with Crippen LogP contribution in [-0.4, -0.2) is 11.9 Å². The standard InChI is InChI=1S/C8H17N3/c1-5-8(11-9)10-7(4)6(2)3/h6-7,9H,5H2,1-4H3. The van der Waals surface area contributed by atoms with E-state index in [9.17, 15) is 0 Å². The van der Waals surface area contributed by atoms with Crippen molar-refractivity contribution >= 4 is 5.84 Å². The van der Waals surface area contributed by atoms with Crippen molar-refractivity contribution in [2.45, 2.75) is 40.2 Å². The predicted molar refractivity (Wildman–Crippen MR) is 47.2 cm³/mol. The SMILES string of the molecule is CCC(N=N)=NC(C)C(C)C. The van der Waals surface area contributed by atoms with Gasteiger partial charge in [0.1, 0.15) is 5.84 Å². The van der Waals surface area contributed by atoms with Crippen molar-refractivity contribution in [2.75, 3.05) is 0 Å². The maximum absolute atomic E-state index is 6.79. The summed E-state index contributed by atoms with van der Waals surface area (Å²) in [6.45, 7) is 8.24. The van der Waals surface area contributed by atoms with Crippen LogP contribution in [0, 0.1) is 11.4 Å². The Balaban J connectivity index is 4.14. The highest BCUT2D eigenvalue weighted by Crippen LogP contribution is 2.06. The lowest BCUT2D eigenvalue weighted by Gasteiger charge is -2.10. The summed E-state index contributed by atoms with van der Waals surface area (Å²) in [5.74, 6) is 1.17. The first-order valence-corrected chi connectivity index (χ1v) is 4.06. The van der Waals surface area contributed by atoms with Crippen molar-refractivity contribution in [1.82, 2.24) is 0 Å². The number of nitrogens with one attached hydrogen (secondary N) is 1. The molecular weight excluding hydrogens is 138 g/mol. The number of amidine groups is 1. The van der Waals surface area contributed by atoms with Gasteiger partial charge in [0.2, 0.25) is 0 Å². The summed E-state index contributed by atoms with van der Waals surface area (Å²) in [5.41, 5.74) is 6.79. The second-order valence-corrected chi connectivity index (χ2v) is 3.00. The summed E-state index contributed by atoms with van der Waals surface area (Å²) in [4.78, 5) is 4.28. The fourth-order valence-corrected chi connectivity index (χ4v) is 0.583. The minimum Gasteiger partial charge on any atom is -0.266 e. The van der Waals surface area contributed by atoms with E-state index in [1.165, 1.54) is 0 Å². The molecule has 64 valence electrons. The van der Waals surface area contributed by atoms with Gasteiger partial charge < -0.3 is 0 Å². The van der Waals surface area contributed by atoms with Crippen LogP contribution in [0.4, 0.5) is 0 Å². The molecule has 0 aliphatic rings. The topological polar surface area (TPSA) is 48.6 Å². The lowest BCUT2D eigenvalue weighted by Crippen LogP contribution is -2.09. The fraction of sp³-hybridized carbons (Fsp3) is 0.875. The third-order valence-electron chi connectivity index (χ3n) is 1.76. The normalized spacial score (nSPS) is 15.2. The molecule has 11 heavy (non-hydrogen) atoms. The average Bonchev–Trinajstić information content (AvgIpc) is 1.99. The molecule has 3 nitrogen and oxygen atoms in total. The van der Waals surface area contributed by atoms with E-state index < -0.39 is 0 Å². The van der Waals surface area contributed by atoms with Gasteiger partial charge >= 0.3 is 0 Å². The van der Waals surface area contributed by atoms with Gasteiger partial charge in [0.15, 0.2) is 0 Å². The summed E-state index contributed by atoms with van der Waals surface area (Å²) in [6.07, 6.45) is 0.751. The molecule has 0 fully saturated rings. The highest BCUT2D eigenvalue weighted by atomic mass is 15.0. The zero-order valence-electron chi connectivity index (χ0n) is 7.76. The Morgan fingerprint density at radius 2 is 1.91 bits per heavy atom. The van der Waals surface area contributed by atoms with Gasteiger partial charge in [0, 0.05) is 6.42 Å². The third kappa shape index (κ3) is 3.86. The molecule has 0 aromatic heterocycles. The molecule has 1 N–H and O–H groups in total. The Morgan fingerprint density at radius 1 is 1.36 bits per heavy atom. The summed E-state index contributed by atoms with van der Waals surface area (Å²) >= 11 is 0. The maximum atomic E-state index is 6.79. The van der Waals surface area contributed by atoms with E-state index in [4.69, 9.17) is 5.53 Å². The molecule has 0 radical (unpaired) electrons. The summed E-state index contributed by atoms with van der Waals surface area (Å²) in [5, 5.41) is 3.33. The van der Waals surface area contributed by atoms with Crippen LogP contribution in [-0.2, 0) is 0 Å². The van der Waals surface area contributed by atoms with Gasteiger partial charge in [-0.15, -0.1) is 5.11 Å². The Morgan fingerprint density at radius 3 is 2.18 bits per heavy atom. The lowest BCUT2D eigenvalue weighted by molar-refractivity contribution is 0.529. The van der Waals surface area contributed by atoms with Crippen molar-refractivity contribution in [3.05, 3.63) is 0 Å². The van der Waals surface area contributed by atoms with Crippen LogP contribution in [0.1, 0.15) is 34.1 Å². The summed E-state index contributed by atoms with van der Waals surface area (Å²) in [7, 11) is 0. The molecule has 0 heterocycles. The van der Waals surface area contributed by atoms with Gasteiger partial charge in [-0.1, -0.05) is 20.8 Å². The van der Waals surface area contributed by atoms with Crippen molar-refractivity contribution < 1.29 is 0 Å². The van der Waals surface area contributed by atoms with Crippen LogP contribution in [0.2, 0.25) is 0 Å². The van der Waals surface area contributed by atoms with E-state index in [1.807, 2.05) is 13.8 Å². The summed E-state index contributed by atoms with van der Waals surface area (Å²) in [6, 6.07) is 0.277. The van der Waals surface area contributed by atoms with E-state index in [-0.39, 0.29) is 6.04 Å². The smallest absolute Gasteiger partial charge is 0.145 e. The molecule has 0 amide bonds. The molecule has 0 rings (SSSR count). The van der Waals surface area contributed by atoms with Crippen LogP contribution < -0.4 is 0 Å². The van der Waals surface area contributed by atoms with Crippen LogP contribution >= 0.6 is 0 Å². The first kappa shape index (κ1) is 10.3. The van der Waals surface area contributed by atoms with Crippen molar-refractivity contribution in [1.29, 1.82) is 5.53 Å². The van der Waals surface area contributed by atoms with Crippen molar-refractivity contribution in [3.8, 4) is 0 Å². The average molecular weight is 155 g/mol. The Labute approximate surface area is 68.4 Å². The molecule has 0 aromatic carbocycles. The van der Waals surface area contributed by atoms with Gasteiger partial charge in [0.05, 0.1) is 6.04 Å². The third-order valence-corrected chi connectivity index (χ3v) is 1.76. The highest BCUT2D eigenvalue weighted by molar-refractivity contribution is 5.82. The van der Waals surface area contributed by atoms with Crippen LogP contribution in [0.5, 0.6) is 0 Å². The summed E-state index contributed by atoms with van der Waals surface area (Å²) < 4.78 is 0. The maximum Gasteiger partial charge on any atom is 0.145 e. The molecule has 0 spiro atoms. The van der Waals surface area contributed by atoms with Crippen LogP contribution in [0.25, 0.3) is 0 Å². The van der Waals surface area contributed by atoms with Gasteiger partial charge in [0.25, 0.3) is 0 Å². The molecule has 1 unspecified atom stereocenters. The number of aliphatic imine (C=N–C) groups is 1. The van der Waals surface area contributed by atoms with E-state index >= 15 is 0 Å². The molecule has 0 aromatic rings. The van der Waals surface area contributed by atoms with Crippen molar-refractivity contribution in [3.63, 3.8) is 0 Å². The van der Waals surface area contributed by atoms with E-state index in [2.05, 4.69) is 24.0 Å². The van der Waals surface area contributed by atoms with Gasteiger partial charge in [-0.2, -0.15) is 0 Å². The zero-order valence-corrected chi connectivity index (χ0v) is 7.76. The Bertz CT molecular complexity index is 149. The molecule has 0 saturated heterocycles. The first-order valence-electron chi connectivity index (χ1n) is 4.06. The molecule has 0 aliphatic carbocycles. The monoisotopic (exact) mass is 155 g/mol. The largest absolute Gasteiger partial charge is 0.266 e. The minimum absolute atomic E-state index is 0.277. The number of hydrogen-bond donors (Lipinski definition) is 1. The minimum atomic E-state index is 0.277. The molecular formula is C8H17N3. The number of hydrogen-bond acceptors (Lipinski definition) is 2. The van der Waals surface area contributed by atoms with E-state index in [1.54, 1.807) is 0 Å². The van der Waals surface area contributed by atoms with Crippen LogP contribution in [0.15, 0.2) is 10.1 Å². The molecule has 0 saturated carbocycles. The molecule has 1 atom stereocenters. The van der Waals surface area contributed by atoms with Crippen molar-refractivity contribution in [2.24, 2.45) is 16.0 Å². The quantitative estimate of drug-likeness (QED) is 0.370. The number of rotatable bonds is 3.